The van der Waals surface area contributed by atoms with Crippen molar-refractivity contribution in [3.8, 4) is 0 Å². The summed E-state index contributed by atoms with van der Waals surface area (Å²) >= 11 is 5.82. The Morgan fingerprint density at radius 3 is 2.71 bits per heavy atom. The van der Waals surface area contributed by atoms with E-state index in [2.05, 4.69) is 15.3 Å². The molecule has 0 radical (unpaired) electrons. The van der Waals surface area contributed by atoms with E-state index < -0.39 is 35.0 Å². The van der Waals surface area contributed by atoms with Crippen molar-refractivity contribution in [1.29, 1.82) is 0 Å². The summed E-state index contributed by atoms with van der Waals surface area (Å²) in [6.45, 7) is 4.28. The van der Waals surface area contributed by atoms with Gasteiger partial charge in [-0.3, -0.25) is 14.6 Å². The molecule has 4 rings (SSSR count). The number of nitrogens with zero attached hydrogens (tertiary/aromatic N) is 3. The second-order valence-electron chi connectivity index (χ2n) is 9.11. The molecule has 1 amide bonds. The van der Waals surface area contributed by atoms with Crippen LogP contribution >= 0.6 is 11.6 Å². The van der Waals surface area contributed by atoms with Gasteiger partial charge >= 0.3 is 5.97 Å². The quantitative estimate of drug-likeness (QED) is 0.617. The van der Waals surface area contributed by atoms with Gasteiger partial charge in [0.15, 0.2) is 5.82 Å². The van der Waals surface area contributed by atoms with Crippen LogP contribution in [0.4, 0.5) is 14.6 Å². The van der Waals surface area contributed by atoms with Gasteiger partial charge in [0.1, 0.15) is 17.5 Å². The number of piperidine rings is 1. The minimum absolute atomic E-state index is 0.0181. The average Bonchev–Trinajstić information content (AvgIpc) is 3.22. The number of amidine groups is 1. The molecule has 2 aliphatic heterocycles. The lowest BCUT2D eigenvalue weighted by Crippen LogP contribution is -2.52. The fourth-order valence-electron chi connectivity index (χ4n) is 4.63. The molecule has 0 spiro atoms. The van der Waals surface area contributed by atoms with Crippen molar-refractivity contribution in [3.05, 3.63) is 69.9 Å². The average molecular weight is 503 g/mol. The van der Waals surface area contributed by atoms with Crippen molar-refractivity contribution in [2.24, 2.45) is 10.4 Å². The predicted molar refractivity (Wildman–Crippen MR) is 129 cm³/mol. The van der Waals surface area contributed by atoms with E-state index in [4.69, 9.17) is 11.6 Å². The number of nitrogens with one attached hydrogen (secondary N) is 1. The van der Waals surface area contributed by atoms with Gasteiger partial charge in [-0.2, -0.15) is 0 Å². The summed E-state index contributed by atoms with van der Waals surface area (Å²) in [4.78, 5) is 35.5. The van der Waals surface area contributed by atoms with Crippen LogP contribution in [0.25, 0.3) is 0 Å². The number of carbonyl (C=O) groups is 2. The number of aliphatic carboxylic acids is 1. The molecule has 184 valence electrons. The number of halogens is 3. The Hall–Kier alpha value is -3.33. The molecule has 35 heavy (non-hydrogen) atoms. The Balaban J connectivity index is 1.54. The van der Waals surface area contributed by atoms with E-state index in [1.165, 1.54) is 35.2 Å². The normalized spacial score (nSPS) is 22.0. The summed E-state index contributed by atoms with van der Waals surface area (Å²) in [7, 11) is 0. The number of aromatic nitrogens is 1. The van der Waals surface area contributed by atoms with E-state index in [1.54, 1.807) is 6.92 Å². The van der Waals surface area contributed by atoms with E-state index in [0.29, 0.717) is 18.2 Å². The fourth-order valence-corrected chi connectivity index (χ4v) is 4.80. The van der Waals surface area contributed by atoms with Gasteiger partial charge < -0.3 is 15.3 Å². The van der Waals surface area contributed by atoms with E-state index >= 15 is 0 Å². The molecule has 2 aliphatic rings. The highest BCUT2D eigenvalue weighted by Gasteiger charge is 2.46. The molecule has 1 aromatic heterocycles. The maximum Gasteiger partial charge on any atom is 0.310 e. The lowest BCUT2D eigenvalue weighted by molar-refractivity contribution is -0.153. The third-order valence-electron chi connectivity index (χ3n) is 6.51. The SMILES string of the molecule is CC1=CC(Nc2ccc(F)c(CC3(C(=O)O)CCN(C(=O)c4cccc(Cl)c4F)C(C)C3)n2)=NC1. The molecule has 3 heterocycles. The van der Waals surface area contributed by atoms with Crippen molar-refractivity contribution in [3.63, 3.8) is 0 Å². The van der Waals surface area contributed by atoms with Crippen LogP contribution in [0.3, 0.4) is 0 Å². The number of carbonyl (C=O) groups excluding carboxylic acids is 1. The number of benzene rings is 1. The van der Waals surface area contributed by atoms with Crippen LogP contribution in [0.5, 0.6) is 0 Å². The first-order valence-corrected chi connectivity index (χ1v) is 11.6. The molecule has 2 aromatic rings. The minimum atomic E-state index is -1.34. The molecule has 0 saturated carbocycles. The summed E-state index contributed by atoms with van der Waals surface area (Å²) in [5.41, 5.74) is -0.411. The molecule has 0 bridgehead atoms. The molecular weight excluding hydrogens is 478 g/mol. The van der Waals surface area contributed by atoms with E-state index in [-0.39, 0.29) is 42.1 Å². The smallest absolute Gasteiger partial charge is 0.310 e. The molecule has 1 aromatic carbocycles. The predicted octanol–water partition coefficient (Wildman–Crippen LogP) is 4.72. The number of hydrogen-bond donors (Lipinski definition) is 2. The minimum Gasteiger partial charge on any atom is -0.481 e. The summed E-state index contributed by atoms with van der Waals surface area (Å²) in [6.07, 6.45) is 1.83. The zero-order valence-electron chi connectivity index (χ0n) is 19.3. The number of amides is 1. The maximum absolute atomic E-state index is 14.7. The van der Waals surface area contributed by atoms with Crippen LogP contribution in [-0.4, -0.2) is 51.8 Å². The molecular formula is C25H25ClF2N4O3. The molecule has 1 fully saturated rings. The van der Waals surface area contributed by atoms with Crippen molar-refractivity contribution >= 4 is 35.1 Å². The highest BCUT2D eigenvalue weighted by molar-refractivity contribution is 6.31. The number of pyridine rings is 1. The third-order valence-corrected chi connectivity index (χ3v) is 6.80. The van der Waals surface area contributed by atoms with Gasteiger partial charge in [0.2, 0.25) is 0 Å². The van der Waals surface area contributed by atoms with Crippen molar-refractivity contribution < 1.29 is 23.5 Å². The largest absolute Gasteiger partial charge is 0.481 e. The molecule has 2 N–H and O–H groups in total. The fraction of sp³-hybridized carbons (Fsp3) is 0.360. The molecule has 1 saturated heterocycles. The van der Waals surface area contributed by atoms with Gasteiger partial charge in [-0.05, 0) is 62.6 Å². The highest BCUT2D eigenvalue weighted by atomic mass is 35.5. The first-order valence-electron chi connectivity index (χ1n) is 11.2. The Morgan fingerprint density at radius 2 is 2.06 bits per heavy atom. The van der Waals surface area contributed by atoms with Crippen LogP contribution in [0, 0.1) is 17.0 Å². The van der Waals surface area contributed by atoms with Gasteiger partial charge in [0.25, 0.3) is 5.91 Å². The Kier molecular flexibility index (Phi) is 6.89. The molecule has 10 heteroatoms. The standard InChI is InChI=1S/C25H25ClF2N4O3/c1-14-10-21(29-13-14)31-20-7-6-18(27)19(30-20)12-25(24(34)35)8-9-32(15(2)11-25)23(33)16-4-3-5-17(26)22(16)28/h3-7,10,15H,8-9,11-13H2,1-2H3,(H,34,35)(H,29,30,31). The highest BCUT2D eigenvalue weighted by Crippen LogP contribution is 2.39. The van der Waals surface area contributed by atoms with E-state index in [1.807, 2.05) is 13.0 Å². The number of hydrogen-bond acceptors (Lipinski definition) is 5. The number of carboxylic acids is 1. The Bertz CT molecular complexity index is 1250. The van der Waals surface area contributed by atoms with Gasteiger partial charge in [-0.15, -0.1) is 0 Å². The van der Waals surface area contributed by atoms with Crippen LogP contribution in [0.2, 0.25) is 5.02 Å². The van der Waals surface area contributed by atoms with Crippen molar-refractivity contribution in [2.75, 3.05) is 18.4 Å². The second-order valence-corrected chi connectivity index (χ2v) is 9.51. The van der Waals surface area contributed by atoms with E-state index in [0.717, 1.165) is 5.57 Å². The summed E-state index contributed by atoms with van der Waals surface area (Å²) < 4.78 is 29.1. The first-order chi connectivity index (χ1) is 16.6. The van der Waals surface area contributed by atoms with Crippen LogP contribution in [-0.2, 0) is 11.2 Å². The zero-order valence-corrected chi connectivity index (χ0v) is 20.1. The molecule has 0 aliphatic carbocycles. The summed E-state index contributed by atoms with van der Waals surface area (Å²) in [5.74, 6) is -2.10. The Morgan fingerprint density at radius 1 is 1.29 bits per heavy atom. The number of aliphatic imine (C=N–C) groups is 1. The second kappa shape index (κ2) is 9.73. The summed E-state index contributed by atoms with van der Waals surface area (Å²) in [5, 5.41) is 13.0. The van der Waals surface area contributed by atoms with Crippen molar-refractivity contribution in [1.82, 2.24) is 9.88 Å². The number of anilines is 1. The van der Waals surface area contributed by atoms with E-state index in [9.17, 15) is 23.5 Å². The number of rotatable bonds is 5. The lowest BCUT2D eigenvalue weighted by atomic mass is 9.72. The lowest BCUT2D eigenvalue weighted by Gasteiger charge is -2.43. The van der Waals surface area contributed by atoms with Gasteiger partial charge in [0, 0.05) is 19.0 Å². The Labute approximate surface area is 206 Å². The van der Waals surface area contributed by atoms with Crippen LogP contribution in [0.1, 0.15) is 42.7 Å². The summed E-state index contributed by atoms with van der Waals surface area (Å²) in [6, 6.07) is 6.37. The molecule has 7 nitrogen and oxygen atoms in total. The van der Waals surface area contributed by atoms with Crippen LogP contribution in [0.15, 0.2) is 47.0 Å². The number of carboxylic acid groups (broad SMARTS) is 1. The first kappa shape index (κ1) is 24.8. The molecule has 2 unspecified atom stereocenters. The third kappa shape index (κ3) is 5.05. The van der Waals surface area contributed by atoms with Gasteiger partial charge in [-0.1, -0.05) is 17.7 Å². The number of likely N-dealkylation sites (tertiary alicyclic amines) is 1. The van der Waals surface area contributed by atoms with Gasteiger partial charge in [0.05, 0.1) is 28.2 Å². The molecule has 2 atom stereocenters. The van der Waals surface area contributed by atoms with Crippen molar-refractivity contribution in [2.45, 2.75) is 39.2 Å². The maximum atomic E-state index is 14.7. The monoisotopic (exact) mass is 502 g/mol. The van der Waals surface area contributed by atoms with Gasteiger partial charge in [-0.25, -0.2) is 13.8 Å². The van der Waals surface area contributed by atoms with Crippen LogP contribution < -0.4 is 5.32 Å². The topological polar surface area (TPSA) is 94.9 Å². The zero-order chi connectivity index (χ0) is 25.3.